The minimum Gasteiger partial charge on any atom is -0.307 e. The highest BCUT2D eigenvalue weighted by atomic mass is 15.2. The summed E-state index contributed by atoms with van der Waals surface area (Å²) in [5.41, 5.74) is 9.08. The quantitative estimate of drug-likeness (QED) is 0.183. The fourth-order valence-electron chi connectivity index (χ4n) is 9.45. The lowest BCUT2D eigenvalue weighted by Crippen LogP contribution is -2.07. The maximum atomic E-state index is 5.58. The van der Waals surface area contributed by atoms with Crippen molar-refractivity contribution in [3.05, 3.63) is 164 Å². The van der Waals surface area contributed by atoms with Crippen molar-refractivity contribution in [1.82, 2.24) is 23.5 Å². The second-order valence-electron chi connectivity index (χ2n) is 14.2. The fourth-order valence-corrected chi connectivity index (χ4v) is 9.45. The topological polar surface area (TPSA) is 40.0 Å². The van der Waals surface area contributed by atoms with Gasteiger partial charge in [-0.05, 0) is 47.9 Å². The van der Waals surface area contributed by atoms with Crippen LogP contribution in [0.15, 0.2) is 164 Å². The molecule has 13 aromatic rings. The molecule has 0 saturated heterocycles. The zero-order valence-electron chi connectivity index (χ0n) is 28.3. The molecule has 244 valence electrons. The van der Waals surface area contributed by atoms with Gasteiger partial charge in [-0.1, -0.05) is 121 Å². The molecular formula is C48H27N5. The smallest absolute Gasteiger partial charge is 0.237 e. The molecule has 0 unspecified atom stereocenters. The molecule has 0 aliphatic carbocycles. The highest BCUT2D eigenvalue weighted by Crippen LogP contribution is 2.48. The maximum absolute atomic E-state index is 5.58. The number of hydrogen-bond acceptors (Lipinski definition) is 2. The monoisotopic (exact) mass is 673 g/mol. The third kappa shape index (κ3) is 3.37. The van der Waals surface area contributed by atoms with E-state index in [1.54, 1.807) is 0 Å². The molecule has 0 N–H and O–H groups in total. The van der Waals surface area contributed by atoms with Gasteiger partial charge in [-0.25, -0.2) is 4.98 Å². The van der Waals surface area contributed by atoms with E-state index in [1.807, 2.05) is 0 Å². The van der Waals surface area contributed by atoms with Crippen molar-refractivity contribution in [2.75, 3.05) is 0 Å². The summed E-state index contributed by atoms with van der Waals surface area (Å²) in [4.78, 5) is 10.8. The largest absolute Gasteiger partial charge is 0.307 e. The van der Waals surface area contributed by atoms with Crippen LogP contribution in [0.2, 0.25) is 0 Å². The molecule has 5 heterocycles. The first-order valence-corrected chi connectivity index (χ1v) is 18.1. The van der Waals surface area contributed by atoms with E-state index in [9.17, 15) is 0 Å². The summed E-state index contributed by atoms with van der Waals surface area (Å²) in [5, 5.41) is 13.4. The van der Waals surface area contributed by atoms with E-state index in [2.05, 4.69) is 177 Å². The standard InChI is InChI=1S/C48H27N5/c1-2-14-29-28(13-1)25-26-32-36-27-42-43(44-35-19-7-12-24-41(35)53(45(29)32)46(36)44)34-18-6-11-23-40(34)51(42)47-33-17-3-8-20-37(33)49-48(50-47)52-38-21-9-4-15-30(38)31-16-5-10-22-39(31)52/h1-27H. The van der Waals surface area contributed by atoms with Gasteiger partial charge in [0, 0.05) is 53.9 Å². The average molecular weight is 674 g/mol. The Morgan fingerprint density at radius 2 is 0.906 bits per heavy atom. The van der Waals surface area contributed by atoms with E-state index >= 15 is 0 Å². The van der Waals surface area contributed by atoms with Gasteiger partial charge in [-0.2, -0.15) is 4.98 Å². The van der Waals surface area contributed by atoms with Crippen molar-refractivity contribution < 1.29 is 0 Å². The van der Waals surface area contributed by atoms with Crippen molar-refractivity contribution in [3.63, 3.8) is 0 Å². The first-order chi connectivity index (χ1) is 26.3. The van der Waals surface area contributed by atoms with E-state index in [1.165, 1.54) is 70.4 Å². The van der Waals surface area contributed by atoms with Gasteiger partial charge < -0.3 is 4.40 Å². The number of hydrogen-bond donors (Lipinski definition) is 0. The van der Waals surface area contributed by atoms with E-state index in [-0.39, 0.29) is 0 Å². The SMILES string of the molecule is c1ccc2c(c1)ccc1c3cc4c(c5ccccc5n4-c4nc(-n5c6ccccc6c6ccccc65)nc5ccccc45)c4c5ccccc5n(c21)c34. The molecule has 5 heteroatoms. The molecule has 8 aromatic carbocycles. The van der Waals surface area contributed by atoms with Crippen LogP contribution in [0.4, 0.5) is 0 Å². The number of rotatable bonds is 2. The fraction of sp³-hybridized carbons (Fsp3) is 0. The van der Waals surface area contributed by atoms with Crippen LogP contribution in [0, 0.1) is 0 Å². The zero-order valence-corrected chi connectivity index (χ0v) is 28.3. The van der Waals surface area contributed by atoms with Crippen molar-refractivity contribution in [3.8, 4) is 11.8 Å². The predicted octanol–water partition coefficient (Wildman–Crippen LogP) is 12.1. The number of aromatic nitrogens is 5. The third-order valence-corrected chi connectivity index (χ3v) is 11.5. The summed E-state index contributed by atoms with van der Waals surface area (Å²) in [7, 11) is 0. The Bertz CT molecular complexity index is 3640. The Kier molecular flexibility index (Phi) is 5.06. The Hall–Kier alpha value is -7.24. The average Bonchev–Trinajstić information content (AvgIpc) is 3.94. The van der Waals surface area contributed by atoms with Gasteiger partial charge >= 0.3 is 0 Å². The number of nitrogens with zero attached hydrogens (tertiary/aromatic N) is 5. The van der Waals surface area contributed by atoms with Crippen molar-refractivity contribution in [2.45, 2.75) is 0 Å². The van der Waals surface area contributed by atoms with Crippen LogP contribution in [0.5, 0.6) is 0 Å². The molecule has 0 aliphatic heterocycles. The van der Waals surface area contributed by atoms with Gasteiger partial charge in [0.25, 0.3) is 0 Å². The summed E-state index contributed by atoms with van der Waals surface area (Å²) >= 11 is 0. The lowest BCUT2D eigenvalue weighted by Gasteiger charge is -2.14. The summed E-state index contributed by atoms with van der Waals surface area (Å²) in [5.74, 6) is 1.52. The van der Waals surface area contributed by atoms with Crippen LogP contribution in [-0.2, 0) is 0 Å². The minimum atomic E-state index is 0.654. The zero-order chi connectivity index (χ0) is 34.4. The van der Waals surface area contributed by atoms with Gasteiger partial charge in [0.15, 0.2) is 5.82 Å². The molecule has 0 atom stereocenters. The molecule has 0 amide bonds. The van der Waals surface area contributed by atoms with E-state index in [0.717, 1.165) is 38.8 Å². The normalized spacial score (nSPS) is 12.5. The first kappa shape index (κ1) is 27.5. The number of fused-ring (bicyclic) bond motifs is 16. The Labute approximate surface area is 301 Å². The highest BCUT2D eigenvalue weighted by molar-refractivity contribution is 6.37. The van der Waals surface area contributed by atoms with Crippen LogP contribution in [0.3, 0.4) is 0 Å². The van der Waals surface area contributed by atoms with Crippen molar-refractivity contribution in [1.29, 1.82) is 0 Å². The predicted molar refractivity (Wildman–Crippen MR) is 220 cm³/mol. The lowest BCUT2D eigenvalue weighted by atomic mass is 10.0. The van der Waals surface area contributed by atoms with Gasteiger partial charge in [0.1, 0.15) is 0 Å². The summed E-state index contributed by atoms with van der Waals surface area (Å²) in [6.07, 6.45) is 0. The molecule has 0 aliphatic rings. The van der Waals surface area contributed by atoms with E-state index in [0.29, 0.717) is 5.95 Å². The molecule has 0 radical (unpaired) electrons. The molecule has 5 nitrogen and oxygen atoms in total. The molecule has 0 saturated carbocycles. The summed E-state index contributed by atoms with van der Waals surface area (Å²) in [6, 6.07) is 59.0. The number of benzene rings is 8. The molecule has 0 bridgehead atoms. The van der Waals surface area contributed by atoms with Crippen molar-refractivity contribution >= 4 is 103 Å². The molecule has 13 rings (SSSR count). The second kappa shape index (κ2) is 9.75. The Morgan fingerprint density at radius 3 is 1.64 bits per heavy atom. The highest BCUT2D eigenvalue weighted by Gasteiger charge is 2.26. The van der Waals surface area contributed by atoms with Crippen LogP contribution >= 0.6 is 0 Å². The first-order valence-electron chi connectivity index (χ1n) is 18.1. The van der Waals surface area contributed by atoms with Crippen LogP contribution in [0.1, 0.15) is 0 Å². The molecule has 53 heavy (non-hydrogen) atoms. The van der Waals surface area contributed by atoms with Crippen LogP contribution < -0.4 is 0 Å². The summed E-state index contributed by atoms with van der Waals surface area (Å²) < 4.78 is 7.14. The molecule has 5 aromatic heterocycles. The Balaban J connectivity index is 1.25. The van der Waals surface area contributed by atoms with Crippen LogP contribution in [0.25, 0.3) is 115 Å². The van der Waals surface area contributed by atoms with Crippen molar-refractivity contribution in [2.24, 2.45) is 0 Å². The Morgan fingerprint density at radius 1 is 0.340 bits per heavy atom. The third-order valence-electron chi connectivity index (χ3n) is 11.5. The van der Waals surface area contributed by atoms with Gasteiger partial charge in [0.05, 0.1) is 44.1 Å². The number of para-hydroxylation sites is 5. The van der Waals surface area contributed by atoms with Gasteiger partial charge in [-0.15, -0.1) is 0 Å². The van der Waals surface area contributed by atoms with E-state index < -0.39 is 0 Å². The minimum absolute atomic E-state index is 0.654. The maximum Gasteiger partial charge on any atom is 0.237 e. The second-order valence-corrected chi connectivity index (χ2v) is 14.2. The summed E-state index contributed by atoms with van der Waals surface area (Å²) in [6.45, 7) is 0. The molecule has 0 spiro atoms. The molecule has 0 fully saturated rings. The molecular weight excluding hydrogens is 647 g/mol. The lowest BCUT2D eigenvalue weighted by molar-refractivity contribution is 0.973. The van der Waals surface area contributed by atoms with E-state index in [4.69, 9.17) is 9.97 Å². The van der Waals surface area contributed by atoms with Gasteiger partial charge in [0.2, 0.25) is 5.95 Å². The van der Waals surface area contributed by atoms with Crippen LogP contribution in [-0.4, -0.2) is 23.5 Å². The van der Waals surface area contributed by atoms with Gasteiger partial charge in [-0.3, -0.25) is 9.13 Å².